The van der Waals surface area contributed by atoms with Crippen LogP contribution in [0.5, 0.6) is 0 Å². The quantitative estimate of drug-likeness (QED) is 0.905. The minimum Gasteiger partial charge on any atom is -0.344 e. The van der Waals surface area contributed by atoms with Crippen LogP contribution < -0.4 is 5.32 Å². The number of hydrogen-bond acceptors (Lipinski definition) is 4. The molecular weight excluding hydrogens is 286 g/mol. The van der Waals surface area contributed by atoms with E-state index in [0.717, 1.165) is 11.4 Å². The Morgan fingerprint density at radius 3 is 2.86 bits per heavy atom. The smallest absolute Gasteiger partial charge is 0.245 e. The average Bonchev–Trinajstić information content (AvgIpc) is 2.97. The van der Waals surface area contributed by atoms with Crippen LogP contribution in [0.3, 0.4) is 0 Å². The number of hydrogen-bond donors (Lipinski definition) is 1. The molecule has 0 radical (unpaired) electrons. The topological polar surface area (TPSA) is 62.3 Å². The molecule has 0 aromatic carbocycles. The third kappa shape index (κ3) is 3.81. The lowest BCUT2D eigenvalue weighted by atomic mass is 9.98. The average molecular weight is 309 g/mol. The van der Waals surface area contributed by atoms with E-state index in [4.69, 9.17) is 0 Å². The lowest BCUT2D eigenvalue weighted by molar-refractivity contribution is -0.135. The number of nitrogens with zero attached hydrogens (tertiary/aromatic N) is 2. The first kappa shape index (κ1) is 15.9. The second-order valence-electron chi connectivity index (χ2n) is 5.74. The third-order valence-corrected chi connectivity index (χ3v) is 5.09. The summed E-state index contributed by atoms with van der Waals surface area (Å²) < 4.78 is 0. The van der Waals surface area contributed by atoms with Crippen molar-refractivity contribution in [3.05, 3.63) is 16.6 Å². The zero-order valence-electron chi connectivity index (χ0n) is 12.8. The van der Waals surface area contributed by atoms with Crippen LogP contribution in [0.1, 0.15) is 44.5 Å². The summed E-state index contributed by atoms with van der Waals surface area (Å²) in [6, 6.07) is -0.395. The molecule has 0 spiro atoms. The Labute approximate surface area is 129 Å². The molecule has 2 heterocycles. The predicted octanol–water partition coefficient (Wildman–Crippen LogP) is 2.01. The first-order valence-corrected chi connectivity index (χ1v) is 8.38. The Balaban J connectivity index is 2.10. The molecule has 1 fully saturated rings. The monoisotopic (exact) mass is 309 g/mol. The lowest BCUT2D eigenvalue weighted by Gasteiger charge is -2.28. The van der Waals surface area contributed by atoms with E-state index in [9.17, 15) is 9.59 Å². The van der Waals surface area contributed by atoms with Gasteiger partial charge in [0.15, 0.2) is 0 Å². The third-order valence-electron chi connectivity index (χ3n) is 4.08. The van der Waals surface area contributed by atoms with E-state index in [1.165, 1.54) is 0 Å². The summed E-state index contributed by atoms with van der Waals surface area (Å²) >= 11 is 1.61. The van der Waals surface area contributed by atoms with Crippen LogP contribution in [-0.4, -0.2) is 40.8 Å². The molecule has 1 aliphatic rings. The Bertz CT molecular complexity index is 489. The highest BCUT2D eigenvalue weighted by molar-refractivity contribution is 7.09. The summed E-state index contributed by atoms with van der Waals surface area (Å²) in [5, 5.41) is 5.86. The van der Waals surface area contributed by atoms with Crippen LogP contribution in [-0.2, 0) is 9.59 Å². The van der Waals surface area contributed by atoms with E-state index in [0.29, 0.717) is 19.5 Å². The number of carbonyl (C=O) groups excluding carboxylic acids is 2. The van der Waals surface area contributed by atoms with Gasteiger partial charge < -0.3 is 10.2 Å². The molecule has 2 rings (SSSR count). The SMILES string of the molecule is CCC(C)C1NC(=O)CCN(CC(C)c2nccs2)C1=O. The largest absolute Gasteiger partial charge is 0.344 e. The second kappa shape index (κ2) is 7.02. The molecule has 2 amide bonds. The summed E-state index contributed by atoms with van der Waals surface area (Å²) in [7, 11) is 0. The molecule has 0 saturated carbocycles. The van der Waals surface area contributed by atoms with E-state index in [2.05, 4.69) is 17.2 Å². The molecule has 116 valence electrons. The van der Waals surface area contributed by atoms with E-state index >= 15 is 0 Å². The number of amides is 2. The molecule has 1 aromatic rings. The van der Waals surface area contributed by atoms with E-state index < -0.39 is 6.04 Å². The van der Waals surface area contributed by atoms with Crippen LogP contribution in [0.15, 0.2) is 11.6 Å². The van der Waals surface area contributed by atoms with Gasteiger partial charge in [-0.05, 0) is 5.92 Å². The Kier molecular flexibility index (Phi) is 5.33. The lowest BCUT2D eigenvalue weighted by Crippen LogP contribution is -2.49. The van der Waals surface area contributed by atoms with Gasteiger partial charge in [0.1, 0.15) is 6.04 Å². The summed E-state index contributed by atoms with van der Waals surface area (Å²) in [4.78, 5) is 30.6. The molecule has 5 nitrogen and oxygen atoms in total. The van der Waals surface area contributed by atoms with Crippen LogP contribution >= 0.6 is 11.3 Å². The van der Waals surface area contributed by atoms with Crippen molar-refractivity contribution in [2.24, 2.45) is 5.92 Å². The van der Waals surface area contributed by atoms with Gasteiger partial charge in [0.05, 0.1) is 5.01 Å². The predicted molar refractivity (Wildman–Crippen MR) is 83.1 cm³/mol. The van der Waals surface area contributed by atoms with Gasteiger partial charge in [0, 0.05) is 37.0 Å². The van der Waals surface area contributed by atoms with Gasteiger partial charge in [-0.25, -0.2) is 4.98 Å². The van der Waals surface area contributed by atoms with Gasteiger partial charge in [-0.2, -0.15) is 0 Å². The molecule has 21 heavy (non-hydrogen) atoms. The van der Waals surface area contributed by atoms with Gasteiger partial charge in [0.25, 0.3) is 0 Å². The fourth-order valence-corrected chi connectivity index (χ4v) is 3.23. The molecule has 0 bridgehead atoms. The number of thiazole rings is 1. The van der Waals surface area contributed by atoms with Gasteiger partial charge in [-0.1, -0.05) is 27.2 Å². The van der Waals surface area contributed by atoms with Crippen LogP contribution in [0, 0.1) is 5.92 Å². The van der Waals surface area contributed by atoms with Crippen molar-refractivity contribution in [3.63, 3.8) is 0 Å². The maximum absolute atomic E-state index is 12.7. The molecular formula is C15H23N3O2S. The highest BCUT2D eigenvalue weighted by Crippen LogP contribution is 2.21. The first-order valence-electron chi connectivity index (χ1n) is 7.50. The fourth-order valence-electron chi connectivity index (χ4n) is 2.54. The normalized spacial score (nSPS) is 22.6. The van der Waals surface area contributed by atoms with Crippen LogP contribution in [0.25, 0.3) is 0 Å². The summed E-state index contributed by atoms with van der Waals surface area (Å²) in [6.07, 6.45) is 3.03. The van der Waals surface area contributed by atoms with Crippen molar-refractivity contribution in [1.29, 1.82) is 0 Å². The standard InChI is InChI=1S/C15H23N3O2S/c1-4-10(2)13-15(20)18(7-5-12(19)17-13)9-11(3)14-16-6-8-21-14/h6,8,10-11,13H,4-5,7,9H2,1-3H3,(H,17,19). The summed E-state index contributed by atoms with van der Waals surface area (Å²) in [5.74, 6) is 0.355. The van der Waals surface area contributed by atoms with Crippen LogP contribution in [0.4, 0.5) is 0 Å². The van der Waals surface area contributed by atoms with Crippen LogP contribution in [0.2, 0.25) is 0 Å². The Morgan fingerprint density at radius 1 is 1.48 bits per heavy atom. The van der Waals surface area contributed by atoms with E-state index in [1.807, 2.05) is 24.1 Å². The van der Waals surface area contributed by atoms with E-state index in [-0.39, 0.29) is 23.7 Å². The highest BCUT2D eigenvalue weighted by Gasteiger charge is 2.33. The number of nitrogens with one attached hydrogen (secondary N) is 1. The van der Waals surface area contributed by atoms with Crippen molar-refractivity contribution in [2.45, 2.75) is 45.6 Å². The number of rotatable bonds is 5. The molecule has 1 N–H and O–H groups in total. The van der Waals surface area contributed by atoms with Crippen molar-refractivity contribution < 1.29 is 9.59 Å². The summed E-state index contributed by atoms with van der Waals surface area (Å²) in [6.45, 7) is 7.24. The van der Waals surface area contributed by atoms with Crippen molar-refractivity contribution in [2.75, 3.05) is 13.1 Å². The van der Waals surface area contributed by atoms with E-state index in [1.54, 1.807) is 17.5 Å². The number of aromatic nitrogens is 1. The number of carbonyl (C=O) groups is 2. The minimum atomic E-state index is -0.395. The molecule has 6 heteroatoms. The molecule has 0 aliphatic carbocycles. The molecule has 1 aliphatic heterocycles. The zero-order valence-corrected chi connectivity index (χ0v) is 13.7. The van der Waals surface area contributed by atoms with Crippen molar-refractivity contribution in [3.8, 4) is 0 Å². The molecule has 3 unspecified atom stereocenters. The fraction of sp³-hybridized carbons (Fsp3) is 0.667. The maximum atomic E-state index is 12.7. The summed E-state index contributed by atoms with van der Waals surface area (Å²) in [5.41, 5.74) is 0. The first-order chi connectivity index (χ1) is 10.0. The minimum absolute atomic E-state index is 0.0296. The molecule has 3 atom stereocenters. The zero-order chi connectivity index (χ0) is 15.4. The Hall–Kier alpha value is -1.43. The molecule has 1 aromatic heterocycles. The van der Waals surface area contributed by atoms with Gasteiger partial charge in [0.2, 0.25) is 11.8 Å². The molecule has 1 saturated heterocycles. The van der Waals surface area contributed by atoms with Crippen molar-refractivity contribution in [1.82, 2.24) is 15.2 Å². The van der Waals surface area contributed by atoms with Gasteiger partial charge in [-0.15, -0.1) is 11.3 Å². The van der Waals surface area contributed by atoms with Gasteiger partial charge in [-0.3, -0.25) is 9.59 Å². The van der Waals surface area contributed by atoms with Gasteiger partial charge >= 0.3 is 0 Å². The highest BCUT2D eigenvalue weighted by atomic mass is 32.1. The maximum Gasteiger partial charge on any atom is 0.245 e. The van der Waals surface area contributed by atoms with Crippen molar-refractivity contribution >= 4 is 23.2 Å². The Morgan fingerprint density at radius 2 is 2.24 bits per heavy atom. The second-order valence-corrected chi connectivity index (χ2v) is 6.66.